The summed E-state index contributed by atoms with van der Waals surface area (Å²) in [4.78, 5) is 11.1. The average molecular weight is 322 g/mol. The summed E-state index contributed by atoms with van der Waals surface area (Å²) in [5.41, 5.74) is 2.13. The summed E-state index contributed by atoms with van der Waals surface area (Å²) in [5.74, 6) is -0.517. The topological polar surface area (TPSA) is 77.8 Å². The van der Waals surface area contributed by atoms with Crippen molar-refractivity contribution in [2.24, 2.45) is 0 Å². The Bertz CT molecular complexity index is 915. The van der Waals surface area contributed by atoms with E-state index in [1.165, 1.54) is 0 Å². The van der Waals surface area contributed by atoms with E-state index in [9.17, 15) is 15.0 Å². The lowest BCUT2D eigenvalue weighted by Crippen LogP contribution is -2.02. The van der Waals surface area contributed by atoms with Crippen molar-refractivity contribution in [1.29, 1.82) is 0 Å². The summed E-state index contributed by atoms with van der Waals surface area (Å²) in [6.07, 6.45) is 0.655. The van der Waals surface area contributed by atoms with E-state index in [4.69, 9.17) is 5.11 Å². The molecule has 3 aromatic rings. The summed E-state index contributed by atoms with van der Waals surface area (Å²) in [6.45, 7) is 2.02. The van der Waals surface area contributed by atoms with Crippen LogP contribution in [-0.2, 0) is 6.42 Å². The van der Waals surface area contributed by atoms with Crippen LogP contribution < -0.4 is 0 Å². The molecule has 0 amide bonds. The van der Waals surface area contributed by atoms with E-state index in [1.807, 2.05) is 19.1 Å². The molecule has 0 aliphatic heterocycles. The maximum Gasteiger partial charge on any atom is 0.335 e. The minimum atomic E-state index is -0.942. The Labute approximate surface area is 139 Å². The molecule has 4 heteroatoms. The number of phenols is 2. The molecule has 0 heterocycles. The Morgan fingerprint density at radius 1 is 1.04 bits per heavy atom. The standard InChI is InChI=1S/C20H18O4/c1-12(14-3-2-4-15(10-14)20(23)24)7-13-8-16-11-17(21)5-6-18(16)19(22)9-13/h2-6,8-12,21-22H,7H2,1H3,(H,23,24). The molecule has 0 spiro atoms. The highest BCUT2D eigenvalue weighted by Crippen LogP contribution is 2.31. The van der Waals surface area contributed by atoms with Crippen LogP contribution in [0.2, 0.25) is 0 Å². The van der Waals surface area contributed by atoms with Crippen molar-refractivity contribution in [2.45, 2.75) is 19.3 Å². The Hall–Kier alpha value is -3.01. The number of hydrogen-bond donors (Lipinski definition) is 3. The molecule has 1 atom stereocenters. The largest absolute Gasteiger partial charge is 0.508 e. The monoisotopic (exact) mass is 322 g/mol. The maximum absolute atomic E-state index is 11.1. The van der Waals surface area contributed by atoms with Crippen molar-refractivity contribution in [3.05, 3.63) is 71.3 Å². The molecule has 0 bridgehead atoms. The minimum absolute atomic E-state index is 0.0958. The first-order valence-electron chi connectivity index (χ1n) is 7.72. The second-order valence-electron chi connectivity index (χ2n) is 6.06. The number of benzene rings is 3. The van der Waals surface area contributed by atoms with E-state index in [-0.39, 0.29) is 23.0 Å². The van der Waals surface area contributed by atoms with Crippen LogP contribution in [0.5, 0.6) is 11.5 Å². The van der Waals surface area contributed by atoms with Gasteiger partial charge in [0.25, 0.3) is 0 Å². The summed E-state index contributed by atoms with van der Waals surface area (Å²) in [7, 11) is 0. The number of hydrogen-bond acceptors (Lipinski definition) is 3. The Morgan fingerprint density at radius 2 is 1.83 bits per heavy atom. The highest BCUT2D eigenvalue weighted by Gasteiger charge is 2.12. The molecule has 24 heavy (non-hydrogen) atoms. The normalized spacial score (nSPS) is 12.2. The zero-order valence-electron chi connectivity index (χ0n) is 13.2. The molecule has 3 rings (SSSR count). The van der Waals surface area contributed by atoms with Gasteiger partial charge in [-0.2, -0.15) is 0 Å². The maximum atomic E-state index is 11.1. The van der Waals surface area contributed by atoms with Gasteiger partial charge in [0.2, 0.25) is 0 Å². The molecule has 0 aliphatic rings. The second kappa shape index (κ2) is 6.24. The summed E-state index contributed by atoms with van der Waals surface area (Å²) in [6, 6.07) is 15.4. The fraction of sp³-hybridized carbons (Fsp3) is 0.150. The van der Waals surface area contributed by atoms with Gasteiger partial charge in [0.1, 0.15) is 11.5 Å². The third kappa shape index (κ3) is 3.18. The molecule has 0 saturated carbocycles. The number of fused-ring (bicyclic) bond motifs is 1. The van der Waals surface area contributed by atoms with E-state index in [0.717, 1.165) is 16.5 Å². The van der Waals surface area contributed by atoms with Crippen LogP contribution in [0.4, 0.5) is 0 Å². The Morgan fingerprint density at radius 3 is 2.58 bits per heavy atom. The van der Waals surface area contributed by atoms with E-state index < -0.39 is 5.97 Å². The van der Waals surface area contributed by atoms with Crippen molar-refractivity contribution < 1.29 is 20.1 Å². The highest BCUT2D eigenvalue weighted by molar-refractivity contribution is 5.90. The van der Waals surface area contributed by atoms with E-state index in [1.54, 1.807) is 42.5 Å². The Balaban J connectivity index is 1.91. The van der Waals surface area contributed by atoms with E-state index in [2.05, 4.69) is 0 Å². The van der Waals surface area contributed by atoms with Crippen molar-refractivity contribution in [3.63, 3.8) is 0 Å². The summed E-state index contributed by atoms with van der Waals surface area (Å²) in [5, 5.41) is 30.4. The first-order chi connectivity index (χ1) is 11.4. The molecule has 122 valence electrons. The smallest absolute Gasteiger partial charge is 0.335 e. The molecule has 0 fully saturated rings. The van der Waals surface area contributed by atoms with Gasteiger partial charge < -0.3 is 15.3 Å². The minimum Gasteiger partial charge on any atom is -0.508 e. The average Bonchev–Trinajstić information content (AvgIpc) is 2.54. The predicted molar refractivity (Wildman–Crippen MR) is 92.8 cm³/mol. The first-order valence-corrected chi connectivity index (χ1v) is 7.72. The molecule has 0 aromatic heterocycles. The van der Waals surface area contributed by atoms with Gasteiger partial charge >= 0.3 is 5.97 Å². The van der Waals surface area contributed by atoms with Crippen LogP contribution in [0.3, 0.4) is 0 Å². The van der Waals surface area contributed by atoms with Crippen LogP contribution in [-0.4, -0.2) is 21.3 Å². The van der Waals surface area contributed by atoms with Crippen LogP contribution in [0.1, 0.15) is 34.3 Å². The zero-order valence-corrected chi connectivity index (χ0v) is 13.2. The highest BCUT2D eigenvalue weighted by atomic mass is 16.4. The van der Waals surface area contributed by atoms with Crippen LogP contribution in [0.15, 0.2) is 54.6 Å². The van der Waals surface area contributed by atoms with Crippen molar-refractivity contribution >= 4 is 16.7 Å². The number of carboxylic acid groups (broad SMARTS) is 1. The number of rotatable bonds is 4. The molecule has 3 N–H and O–H groups in total. The van der Waals surface area contributed by atoms with Gasteiger partial charge in [-0.3, -0.25) is 0 Å². The Kier molecular flexibility index (Phi) is 4.13. The zero-order chi connectivity index (χ0) is 17.3. The number of carbonyl (C=O) groups is 1. The van der Waals surface area contributed by atoms with Gasteiger partial charge in [-0.05, 0) is 65.3 Å². The van der Waals surface area contributed by atoms with Gasteiger partial charge in [0, 0.05) is 5.39 Å². The number of aromatic hydroxyl groups is 2. The molecule has 1 unspecified atom stereocenters. The van der Waals surface area contributed by atoms with Crippen LogP contribution in [0.25, 0.3) is 10.8 Å². The van der Waals surface area contributed by atoms with E-state index in [0.29, 0.717) is 11.8 Å². The number of aromatic carboxylic acids is 1. The van der Waals surface area contributed by atoms with Crippen molar-refractivity contribution in [3.8, 4) is 11.5 Å². The molecule has 0 saturated heterocycles. The fourth-order valence-corrected chi connectivity index (χ4v) is 2.97. The molecule has 0 radical (unpaired) electrons. The molecule has 3 aromatic carbocycles. The van der Waals surface area contributed by atoms with Gasteiger partial charge in [-0.15, -0.1) is 0 Å². The SMILES string of the molecule is CC(Cc1cc(O)c2ccc(O)cc2c1)c1cccc(C(=O)O)c1. The van der Waals surface area contributed by atoms with E-state index >= 15 is 0 Å². The summed E-state index contributed by atoms with van der Waals surface area (Å²) >= 11 is 0. The predicted octanol–water partition coefficient (Wildman–Crippen LogP) is 4.30. The summed E-state index contributed by atoms with van der Waals surface area (Å²) < 4.78 is 0. The van der Waals surface area contributed by atoms with Gasteiger partial charge in [0.05, 0.1) is 5.56 Å². The van der Waals surface area contributed by atoms with Crippen LogP contribution >= 0.6 is 0 Å². The molecular weight excluding hydrogens is 304 g/mol. The van der Waals surface area contributed by atoms with Crippen molar-refractivity contribution in [1.82, 2.24) is 0 Å². The van der Waals surface area contributed by atoms with Gasteiger partial charge in [-0.1, -0.05) is 25.1 Å². The van der Waals surface area contributed by atoms with Gasteiger partial charge in [0.15, 0.2) is 0 Å². The molecule has 0 aliphatic carbocycles. The second-order valence-corrected chi connectivity index (χ2v) is 6.06. The van der Waals surface area contributed by atoms with Crippen LogP contribution in [0, 0.1) is 0 Å². The first kappa shape index (κ1) is 15.9. The third-order valence-electron chi connectivity index (χ3n) is 4.22. The number of carboxylic acids is 1. The molecular formula is C20H18O4. The van der Waals surface area contributed by atoms with Gasteiger partial charge in [-0.25, -0.2) is 4.79 Å². The fourth-order valence-electron chi connectivity index (χ4n) is 2.97. The lowest BCUT2D eigenvalue weighted by Gasteiger charge is -2.14. The third-order valence-corrected chi connectivity index (χ3v) is 4.22. The van der Waals surface area contributed by atoms with Crippen molar-refractivity contribution in [2.75, 3.05) is 0 Å². The molecule has 4 nitrogen and oxygen atoms in total. The lowest BCUT2D eigenvalue weighted by molar-refractivity contribution is 0.0696. The number of phenolic OH excluding ortho intramolecular Hbond substituents is 2. The lowest BCUT2D eigenvalue weighted by atomic mass is 9.91. The quantitative estimate of drug-likeness (QED) is 0.669.